The standard InChI is InChI=1S/C20H26FN3O/c21-18-3-1-16(2-4-18)7-12-24-13-8-19(9-14-24)23-15-20(25)17-5-10-22-11-6-17/h1-6,10-11,19-20,23,25H,7-9,12-15H2. The van der Waals surface area contributed by atoms with Gasteiger partial charge < -0.3 is 15.3 Å². The van der Waals surface area contributed by atoms with Gasteiger partial charge in [0.15, 0.2) is 0 Å². The van der Waals surface area contributed by atoms with Crippen LogP contribution in [0.25, 0.3) is 0 Å². The molecule has 3 rings (SSSR count). The highest BCUT2D eigenvalue weighted by molar-refractivity contribution is 5.16. The lowest BCUT2D eigenvalue weighted by atomic mass is 10.0. The summed E-state index contributed by atoms with van der Waals surface area (Å²) < 4.78 is 12.9. The molecule has 1 saturated heterocycles. The highest BCUT2D eigenvalue weighted by atomic mass is 19.1. The largest absolute Gasteiger partial charge is 0.387 e. The molecule has 1 aliphatic rings. The van der Waals surface area contributed by atoms with Crippen LogP contribution in [0, 0.1) is 5.82 Å². The van der Waals surface area contributed by atoms with Gasteiger partial charge in [0.05, 0.1) is 6.10 Å². The van der Waals surface area contributed by atoms with Crippen molar-refractivity contribution < 1.29 is 9.50 Å². The van der Waals surface area contributed by atoms with Crippen molar-refractivity contribution in [3.63, 3.8) is 0 Å². The summed E-state index contributed by atoms with van der Waals surface area (Å²) in [5.74, 6) is -0.176. The fourth-order valence-electron chi connectivity index (χ4n) is 3.28. The minimum atomic E-state index is -0.487. The molecule has 1 aliphatic heterocycles. The van der Waals surface area contributed by atoms with Crippen LogP contribution in [0.5, 0.6) is 0 Å². The minimum Gasteiger partial charge on any atom is -0.387 e. The van der Waals surface area contributed by atoms with E-state index in [-0.39, 0.29) is 5.82 Å². The van der Waals surface area contributed by atoms with E-state index in [2.05, 4.69) is 15.2 Å². The Labute approximate surface area is 148 Å². The molecule has 1 aromatic carbocycles. The van der Waals surface area contributed by atoms with Gasteiger partial charge in [-0.05, 0) is 67.7 Å². The van der Waals surface area contributed by atoms with E-state index in [4.69, 9.17) is 0 Å². The van der Waals surface area contributed by atoms with E-state index in [0.29, 0.717) is 12.6 Å². The van der Waals surface area contributed by atoms with E-state index in [1.54, 1.807) is 12.4 Å². The molecule has 0 bridgehead atoms. The number of hydrogen-bond donors (Lipinski definition) is 2. The molecule has 2 heterocycles. The number of nitrogens with one attached hydrogen (secondary N) is 1. The number of pyridine rings is 1. The van der Waals surface area contributed by atoms with Crippen LogP contribution in [0.3, 0.4) is 0 Å². The molecular weight excluding hydrogens is 317 g/mol. The Bertz CT molecular complexity index is 627. The maximum Gasteiger partial charge on any atom is 0.123 e. The molecule has 134 valence electrons. The van der Waals surface area contributed by atoms with Crippen molar-refractivity contribution in [2.24, 2.45) is 0 Å². The smallest absolute Gasteiger partial charge is 0.123 e. The normalized spacial score (nSPS) is 17.5. The van der Waals surface area contributed by atoms with Crippen molar-refractivity contribution >= 4 is 0 Å². The van der Waals surface area contributed by atoms with Crippen molar-refractivity contribution in [1.29, 1.82) is 0 Å². The zero-order valence-corrected chi connectivity index (χ0v) is 14.4. The molecule has 4 nitrogen and oxygen atoms in total. The summed E-state index contributed by atoms with van der Waals surface area (Å²) in [6.07, 6.45) is 6.06. The maximum absolute atomic E-state index is 12.9. The fourth-order valence-corrected chi connectivity index (χ4v) is 3.28. The van der Waals surface area contributed by atoms with Crippen LogP contribution in [0.4, 0.5) is 4.39 Å². The third-order valence-corrected chi connectivity index (χ3v) is 4.91. The highest BCUT2D eigenvalue weighted by Gasteiger charge is 2.19. The first-order valence-electron chi connectivity index (χ1n) is 8.99. The van der Waals surface area contributed by atoms with Gasteiger partial charge in [-0.1, -0.05) is 12.1 Å². The Morgan fingerprint density at radius 3 is 2.48 bits per heavy atom. The van der Waals surface area contributed by atoms with Crippen molar-refractivity contribution in [2.45, 2.75) is 31.4 Å². The summed E-state index contributed by atoms with van der Waals surface area (Å²) in [6, 6.07) is 10.9. The van der Waals surface area contributed by atoms with E-state index in [0.717, 1.165) is 44.5 Å². The third-order valence-electron chi connectivity index (χ3n) is 4.91. The van der Waals surface area contributed by atoms with Gasteiger partial charge in [0.1, 0.15) is 5.82 Å². The molecule has 0 spiro atoms. The third kappa shape index (κ3) is 5.59. The molecule has 1 fully saturated rings. The summed E-state index contributed by atoms with van der Waals surface area (Å²) >= 11 is 0. The monoisotopic (exact) mass is 343 g/mol. The van der Waals surface area contributed by atoms with Crippen LogP contribution in [0.2, 0.25) is 0 Å². The Hall–Kier alpha value is -1.82. The van der Waals surface area contributed by atoms with E-state index >= 15 is 0 Å². The molecule has 2 aromatic rings. The number of hydrogen-bond acceptors (Lipinski definition) is 4. The van der Waals surface area contributed by atoms with Gasteiger partial charge in [0.25, 0.3) is 0 Å². The second-order valence-corrected chi connectivity index (χ2v) is 6.70. The van der Waals surface area contributed by atoms with Crippen molar-refractivity contribution in [1.82, 2.24) is 15.2 Å². The number of nitrogens with zero attached hydrogens (tertiary/aromatic N) is 2. The van der Waals surface area contributed by atoms with Crippen LogP contribution >= 0.6 is 0 Å². The summed E-state index contributed by atoms with van der Waals surface area (Å²) in [4.78, 5) is 6.43. The predicted molar refractivity (Wildman–Crippen MR) is 96.8 cm³/mol. The minimum absolute atomic E-state index is 0.176. The van der Waals surface area contributed by atoms with Gasteiger partial charge in [0, 0.05) is 31.5 Å². The number of aromatic nitrogens is 1. The lowest BCUT2D eigenvalue weighted by molar-refractivity contribution is 0.152. The molecular formula is C20H26FN3O. The quantitative estimate of drug-likeness (QED) is 0.811. The first-order valence-corrected chi connectivity index (χ1v) is 8.99. The van der Waals surface area contributed by atoms with E-state index in [9.17, 15) is 9.50 Å². The molecule has 5 heteroatoms. The van der Waals surface area contributed by atoms with Crippen LogP contribution in [0.15, 0.2) is 48.8 Å². The van der Waals surface area contributed by atoms with Gasteiger partial charge >= 0.3 is 0 Å². The van der Waals surface area contributed by atoms with Crippen LogP contribution < -0.4 is 5.32 Å². The predicted octanol–water partition coefficient (Wildman–Crippen LogP) is 2.55. The average molecular weight is 343 g/mol. The summed E-state index contributed by atoms with van der Waals surface area (Å²) in [6.45, 7) is 3.71. The summed E-state index contributed by atoms with van der Waals surface area (Å²) in [5.41, 5.74) is 2.08. The van der Waals surface area contributed by atoms with Crippen molar-refractivity contribution in [3.8, 4) is 0 Å². The molecule has 1 atom stereocenters. The zero-order chi connectivity index (χ0) is 17.5. The highest BCUT2D eigenvalue weighted by Crippen LogP contribution is 2.14. The summed E-state index contributed by atoms with van der Waals surface area (Å²) in [5, 5.41) is 13.7. The van der Waals surface area contributed by atoms with E-state index in [1.165, 1.54) is 17.7 Å². The number of halogens is 1. The molecule has 2 N–H and O–H groups in total. The van der Waals surface area contributed by atoms with Crippen LogP contribution in [-0.2, 0) is 6.42 Å². The Morgan fingerprint density at radius 1 is 1.12 bits per heavy atom. The molecule has 0 aliphatic carbocycles. The number of aliphatic hydroxyl groups is 1. The molecule has 0 amide bonds. The molecule has 25 heavy (non-hydrogen) atoms. The Kier molecular flexibility index (Phi) is 6.50. The van der Waals surface area contributed by atoms with Gasteiger partial charge in [-0.2, -0.15) is 0 Å². The lowest BCUT2D eigenvalue weighted by Gasteiger charge is -2.33. The molecule has 1 aromatic heterocycles. The SMILES string of the molecule is OC(CNC1CCN(CCc2ccc(F)cc2)CC1)c1ccncc1. The first-order chi connectivity index (χ1) is 12.2. The van der Waals surface area contributed by atoms with Gasteiger partial charge in [-0.3, -0.25) is 4.98 Å². The second-order valence-electron chi connectivity index (χ2n) is 6.70. The lowest BCUT2D eigenvalue weighted by Crippen LogP contribution is -2.44. The average Bonchev–Trinajstić information content (AvgIpc) is 2.67. The topological polar surface area (TPSA) is 48.4 Å². The Morgan fingerprint density at radius 2 is 1.80 bits per heavy atom. The van der Waals surface area contributed by atoms with Gasteiger partial charge in [-0.15, -0.1) is 0 Å². The van der Waals surface area contributed by atoms with Gasteiger partial charge in [-0.25, -0.2) is 4.39 Å². The number of benzene rings is 1. The van der Waals surface area contributed by atoms with Crippen LogP contribution in [0.1, 0.15) is 30.1 Å². The summed E-state index contributed by atoms with van der Waals surface area (Å²) in [7, 11) is 0. The number of likely N-dealkylation sites (tertiary alicyclic amines) is 1. The first kappa shape index (κ1) is 18.0. The van der Waals surface area contributed by atoms with Gasteiger partial charge in [0.2, 0.25) is 0 Å². The second kappa shape index (κ2) is 9.04. The number of rotatable bonds is 7. The van der Waals surface area contributed by atoms with Crippen molar-refractivity contribution in [2.75, 3.05) is 26.2 Å². The van der Waals surface area contributed by atoms with Crippen molar-refractivity contribution in [3.05, 3.63) is 65.7 Å². The number of aliphatic hydroxyl groups excluding tert-OH is 1. The molecule has 0 radical (unpaired) electrons. The van der Waals surface area contributed by atoms with E-state index < -0.39 is 6.10 Å². The zero-order valence-electron chi connectivity index (χ0n) is 14.4. The Balaban J connectivity index is 1.35. The van der Waals surface area contributed by atoms with E-state index in [1.807, 2.05) is 24.3 Å². The fraction of sp³-hybridized carbons (Fsp3) is 0.450. The maximum atomic E-state index is 12.9. The molecule has 1 unspecified atom stereocenters. The number of piperidine rings is 1. The van der Waals surface area contributed by atoms with Crippen LogP contribution in [-0.4, -0.2) is 47.2 Å². The molecule has 0 saturated carbocycles.